The smallest absolute Gasteiger partial charge is 0.290 e. The van der Waals surface area contributed by atoms with Crippen molar-refractivity contribution in [2.45, 2.75) is 12.5 Å². The van der Waals surface area contributed by atoms with Crippen LogP contribution in [0.3, 0.4) is 0 Å². The summed E-state index contributed by atoms with van der Waals surface area (Å²) >= 11 is 0. The highest BCUT2D eigenvalue weighted by Gasteiger charge is 2.44. The molecule has 0 bridgehead atoms. The van der Waals surface area contributed by atoms with Crippen molar-refractivity contribution in [3.05, 3.63) is 65.1 Å². The van der Waals surface area contributed by atoms with Gasteiger partial charge >= 0.3 is 0 Å². The van der Waals surface area contributed by atoms with Gasteiger partial charge in [-0.2, -0.15) is 0 Å². The Morgan fingerprint density at radius 2 is 1.75 bits per heavy atom. The van der Waals surface area contributed by atoms with Crippen LogP contribution in [0.4, 0.5) is 0 Å². The van der Waals surface area contributed by atoms with Crippen LogP contribution in [0.5, 0.6) is 17.2 Å². The summed E-state index contributed by atoms with van der Waals surface area (Å²) < 4.78 is 22.0. The van der Waals surface area contributed by atoms with Crippen molar-refractivity contribution < 1.29 is 38.2 Å². The van der Waals surface area contributed by atoms with Gasteiger partial charge in [0.05, 0.1) is 53.6 Å². The number of nitrogens with one attached hydrogen (secondary N) is 1. The number of carbonyl (C=O) groups is 2. The second-order valence-corrected chi connectivity index (χ2v) is 8.91. The quantitative estimate of drug-likeness (QED) is 0.417. The lowest BCUT2D eigenvalue weighted by atomic mass is 9.94. The van der Waals surface area contributed by atoms with E-state index in [1.807, 2.05) is 14.1 Å². The molecular formula is C27H31N2O7+. The van der Waals surface area contributed by atoms with E-state index in [4.69, 9.17) is 18.6 Å². The molecule has 1 aliphatic heterocycles. The highest BCUT2D eigenvalue weighted by molar-refractivity contribution is 6.16. The Kier molecular flexibility index (Phi) is 7.21. The average Bonchev–Trinajstić information content (AvgIpc) is 3.42. The highest BCUT2D eigenvalue weighted by atomic mass is 16.5. The Hall–Kier alpha value is -3.98. The van der Waals surface area contributed by atoms with E-state index in [9.17, 15) is 14.7 Å². The van der Waals surface area contributed by atoms with E-state index < -0.39 is 23.5 Å². The molecule has 2 N–H and O–H groups in total. The van der Waals surface area contributed by atoms with Crippen molar-refractivity contribution in [3.8, 4) is 17.2 Å². The van der Waals surface area contributed by atoms with Crippen LogP contribution >= 0.6 is 0 Å². The van der Waals surface area contributed by atoms with E-state index in [0.717, 1.165) is 6.54 Å². The van der Waals surface area contributed by atoms with Crippen LogP contribution in [0.15, 0.2) is 58.2 Å². The van der Waals surface area contributed by atoms with Crippen molar-refractivity contribution in [2.75, 3.05) is 48.5 Å². The fraction of sp³-hybridized carbons (Fsp3) is 0.333. The number of ether oxygens (including phenoxy) is 3. The first-order chi connectivity index (χ1) is 17.3. The number of fused-ring (bicyclic) bond motifs is 1. The summed E-state index contributed by atoms with van der Waals surface area (Å²) in [7, 11) is 8.61. The van der Waals surface area contributed by atoms with E-state index >= 15 is 0 Å². The van der Waals surface area contributed by atoms with E-state index in [0.29, 0.717) is 46.7 Å². The minimum atomic E-state index is -0.822. The molecule has 0 aliphatic carbocycles. The van der Waals surface area contributed by atoms with E-state index in [1.54, 1.807) is 42.5 Å². The summed E-state index contributed by atoms with van der Waals surface area (Å²) in [6.07, 6.45) is 0.689. The Morgan fingerprint density at radius 1 is 1.03 bits per heavy atom. The first kappa shape index (κ1) is 25.1. The van der Waals surface area contributed by atoms with Crippen LogP contribution in [0.2, 0.25) is 0 Å². The predicted molar refractivity (Wildman–Crippen MR) is 133 cm³/mol. The van der Waals surface area contributed by atoms with Gasteiger partial charge in [0.25, 0.3) is 5.91 Å². The first-order valence-corrected chi connectivity index (χ1v) is 11.7. The van der Waals surface area contributed by atoms with Gasteiger partial charge in [-0.1, -0.05) is 18.2 Å². The zero-order chi connectivity index (χ0) is 26.0. The number of aliphatic hydroxyl groups is 1. The monoisotopic (exact) mass is 495 g/mol. The Morgan fingerprint density at radius 3 is 2.42 bits per heavy atom. The van der Waals surface area contributed by atoms with Gasteiger partial charge in [-0.05, 0) is 29.8 Å². The van der Waals surface area contributed by atoms with Crippen molar-refractivity contribution in [1.29, 1.82) is 0 Å². The van der Waals surface area contributed by atoms with Crippen LogP contribution in [0.25, 0.3) is 11.0 Å². The molecule has 9 heteroatoms. The lowest BCUT2D eigenvalue weighted by Crippen LogP contribution is -3.05. The Balaban J connectivity index is 1.80. The van der Waals surface area contributed by atoms with Gasteiger partial charge in [-0.15, -0.1) is 0 Å². The maximum atomic E-state index is 13.8. The molecule has 0 saturated carbocycles. The van der Waals surface area contributed by atoms with Crippen molar-refractivity contribution in [1.82, 2.24) is 4.90 Å². The normalized spacial score (nSPS) is 15.8. The number of hydrogen-bond donors (Lipinski definition) is 2. The number of quaternary nitrogens is 1. The standard InChI is InChI=1S/C27H30N2O7/c1-28(2)12-7-13-29-23(16-10-11-18(33-3)20(14-16)35-5)22(25(31)27(29)32)24(30)21-15-17-8-6-9-19(34-4)26(17)36-21/h6,8-11,14-15,23,31H,7,12-13H2,1-5H3/p+1/t23-/m1/s1. The molecule has 1 aliphatic rings. The van der Waals surface area contributed by atoms with Gasteiger partial charge < -0.3 is 33.5 Å². The van der Waals surface area contributed by atoms with Gasteiger partial charge in [0.2, 0.25) is 5.78 Å². The Labute approximate surface area is 209 Å². The number of ketones is 1. The molecule has 0 radical (unpaired) electrons. The number of rotatable bonds is 10. The summed E-state index contributed by atoms with van der Waals surface area (Å²) in [6.45, 7) is 1.17. The number of amides is 1. The van der Waals surface area contributed by atoms with Crippen molar-refractivity contribution in [2.24, 2.45) is 0 Å². The minimum Gasteiger partial charge on any atom is -0.503 e. The molecule has 1 atom stereocenters. The topological polar surface area (TPSA) is 103 Å². The fourth-order valence-corrected chi connectivity index (χ4v) is 4.53. The highest BCUT2D eigenvalue weighted by Crippen LogP contribution is 2.42. The van der Waals surface area contributed by atoms with Crippen molar-refractivity contribution in [3.63, 3.8) is 0 Å². The maximum absolute atomic E-state index is 13.8. The fourth-order valence-electron chi connectivity index (χ4n) is 4.53. The van der Waals surface area contributed by atoms with Crippen LogP contribution in [0.1, 0.15) is 28.6 Å². The number of benzene rings is 2. The summed E-state index contributed by atoms with van der Waals surface area (Å²) in [6, 6.07) is 11.3. The maximum Gasteiger partial charge on any atom is 0.290 e. The van der Waals surface area contributed by atoms with Gasteiger partial charge in [-0.3, -0.25) is 9.59 Å². The van der Waals surface area contributed by atoms with Crippen LogP contribution in [0, 0.1) is 0 Å². The molecule has 0 unspecified atom stereocenters. The molecule has 2 aromatic carbocycles. The molecule has 4 rings (SSSR count). The molecule has 1 amide bonds. The zero-order valence-corrected chi connectivity index (χ0v) is 21.1. The molecule has 36 heavy (non-hydrogen) atoms. The molecule has 0 spiro atoms. The molecule has 9 nitrogen and oxygen atoms in total. The summed E-state index contributed by atoms with van der Waals surface area (Å²) in [5, 5.41) is 11.6. The van der Waals surface area contributed by atoms with Crippen LogP contribution in [-0.2, 0) is 4.79 Å². The molecule has 2 heterocycles. The number of nitrogens with zero attached hydrogens (tertiary/aromatic N) is 1. The minimum absolute atomic E-state index is 0.00825. The van der Waals surface area contributed by atoms with Crippen LogP contribution in [-0.4, -0.2) is 70.2 Å². The number of hydrogen-bond acceptors (Lipinski definition) is 7. The van der Waals surface area contributed by atoms with Gasteiger partial charge in [0, 0.05) is 18.4 Å². The third kappa shape index (κ3) is 4.49. The molecular weight excluding hydrogens is 464 g/mol. The third-order valence-corrected chi connectivity index (χ3v) is 6.30. The predicted octanol–water partition coefficient (Wildman–Crippen LogP) is 2.57. The number of Topliss-reactive ketones (excluding diaryl/α,β-unsaturated/α-hetero) is 1. The second-order valence-electron chi connectivity index (χ2n) is 8.91. The van der Waals surface area contributed by atoms with E-state index in [2.05, 4.69) is 0 Å². The molecule has 3 aromatic rings. The zero-order valence-electron chi connectivity index (χ0n) is 21.1. The SMILES string of the molecule is COc1ccc([C@@H]2C(C(=O)c3cc4cccc(OC)c4o3)=C(O)C(=O)N2CCC[NH+](C)C)cc1OC. The van der Waals surface area contributed by atoms with E-state index in [-0.39, 0.29) is 11.3 Å². The second kappa shape index (κ2) is 10.3. The van der Waals surface area contributed by atoms with E-state index in [1.165, 1.54) is 31.1 Å². The molecule has 0 saturated heterocycles. The van der Waals surface area contributed by atoms with Crippen LogP contribution < -0.4 is 19.1 Å². The van der Waals surface area contributed by atoms with Crippen molar-refractivity contribution >= 4 is 22.7 Å². The lowest BCUT2D eigenvalue weighted by molar-refractivity contribution is -0.858. The Bertz CT molecular complexity index is 1320. The number of para-hydroxylation sites is 1. The number of furan rings is 1. The lowest BCUT2D eigenvalue weighted by Gasteiger charge is -2.27. The molecule has 1 aromatic heterocycles. The summed E-state index contributed by atoms with van der Waals surface area (Å²) in [5.74, 6) is -0.291. The van der Waals surface area contributed by atoms with Gasteiger partial charge in [-0.25, -0.2) is 0 Å². The average molecular weight is 496 g/mol. The van der Waals surface area contributed by atoms with Gasteiger partial charge in [0.15, 0.2) is 34.4 Å². The summed E-state index contributed by atoms with van der Waals surface area (Å²) in [5.41, 5.74) is 0.989. The van der Waals surface area contributed by atoms with Gasteiger partial charge in [0.1, 0.15) is 0 Å². The first-order valence-electron chi connectivity index (χ1n) is 11.7. The largest absolute Gasteiger partial charge is 0.503 e. The summed E-state index contributed by atoms with van der Waals surface area (Å²) in [4.78, 5) is 29.7. The molecule has 0 fully saturated rings. The third-order valence-electron chi connectivity index (χ3n) is 6.30. The number of aliphatic hydroxyl groups excluding tert-OH is 1. The number of carbonyl (C=O) groups excluding carboxylic acids is 2. The number of methoxy groups -OCH3 is 3. The molecule has 190 valence electrons.